The highest BCUT2D eigenvalue weighted by atomic mass is 79.9. The number of hydrogen-bond acceptors (Lipinski definition) is 4. The van der Waals surface area contributed by atoms with E-state index in [1.54, 1.807) is 25.6 Å². The molecule has 0 bridgehead atoms. The molecular weight excluding hydrogens is 326 g/mol. The molecule has 0 saturated carbocycles. The molecule has 2 rings (SSSR count). The quantitative estimate of drug-likeness (QED) is 0.900. The molecule has 1 aromatic carbocycles. The first kappa shape index (κ1) is 14.4. The van der Waals surface area contributed by atoms with Crippen molar-refractivity contribution in [3.8, 4) is 11.5 Å². The lowest BCUT2D eigenvalue weighted by Gasteiger charge is -2.14. The Bertz CT molecular complexity index is 534. The molecule has 5 heteroatoms. The first-order valence-corrected chi connectivity index (χ1v) is 7.51. The van der Waals surface area contributed by atoms with E-state index >= 15 is 0 Å². The third-order valence-corrected chi connectivity index (χ3v) is 4.85. The van der Waals surface area contributed by atoms with Crippen molar-refractivity contribution < 1.29 is 9.47 Å². The zero-order valence-electron chi connectivity index (χ0n) is 10.9. The lowest BCUT2D eigenvalue weighted by molar-refractivity contribution is 0.392. The van der Waals surface area contributed by atoms with Crippen LogP contribution >= 0.6 is 27.3 Å². The molecule has 102 valence electrons. The first-order valence-electron chi connectivity index (χ1n) is 5.84. The van der Waals surface area contributed by atoms with E-state index in [1.165, 1.54) is 4.88 Å². The molecule has 3 nitrogen and oxygen atoms in total. The number of methoxy groups -OCH3 is 2. The Hall–Kier alpha value is -1.04. The molecule has 0 spiro atoms. The summed E-state index contributed by atoms with van der Waals surface area (Å²) in [6.07, 6.45) is 0.786. The van der Waals surface area contributed by atoms with Crippen LogP contribution in [0.3, 0.4) is 0 Å². The standard InChI is InChI=1S/C14H16BrNO2S/c1-17-10-5-9(6-11(7-10)18-2)13(16)8-14-12(15)3-4-19-14/h3-7,13H,8,16H2,1-2H3. The van der Waals surface area contributed by atoms with Crippen LogP contribution in [0.5, 0.6) is 11.5 Å². The zero-order chi connectivity index (χ0) is 13.8. The average Bonchev–Trinajstić information content (AvgIpc) is 2.83. The summed E-state index contributed by atoms with van der Waals surface area (Å²) in [6, 6.07) is 7.71. The van der Waals surface area contributed by atoms with E-state index in [1.807, 2.05) is 24.3 Å². The fraction of sp³-hybridized carbons (Fsp3) is 0.286. The summed E-state index contributed by atoms with van der Waals surface area (Å²) in [5, 5.41) is 2.05. The molecule has 2 aromatic rings. The van der Waals surface area contributed by atoms with Crippen LogP contribution in [0.2, 0.25) is 0 Å². The van der Waals surface area contributed by atoms with Crippen molar-refractivity contribution in [1.82, 2.24) is 0 Å². The minimum Gasteiger partial charge on any atom is -0.497 e. The average molecular weight is 342 g/mol. The highest BCUT2D eigenvalue weighted by molar-refractivity contribution is 9.10. The van der Waals surface area contributed by atoms with Crippen molar-refractivity contribution in [2.75, 3.05) is 14.2 Å². The van der Waals surface area contributed by atoms with Gasteiger partial charge in [0.25, 0.3) is 0 Å². The maximum Gasteiger partial charge on any atom is 0.122 e. The monoisotopic (exact) mass is 341 g/mol. The molecule has 1 atom stereocenters. The molecule has 0 aliphatic heterocycles. The van der Waals surface area contributed by atoms with Crippen LogP contribution in [0.4, 0.5) is 0 Å². The van der Waals surface area contributed by atoms with Crippen LogP contribution in [0.25, 0.3) is 0 Å². The van der Waals surface area contributed by atoms with Gasteiger partial charge in [-0.25, -0.2) is 0 Å². The number of nitrogens with two attached hydrogens (primary N) is 1. The third-order valence-electron chi connectivity index (χ3n) is 2.90. The van der Waals surface area contributed by atoms with Gasteiger partial charge in [0.05, 0.1) is 14.2 Å². The van der Waals surface area contributed by atoms with Gasteiger partial charge in [-0.05, 0) is 45.1 Å². The molecule has 2 N–H and O–H groups in total. The smallest absolute Gasteiger partial charge is 0.122 e. The van der Waals surface area contributed by atoms with Gasteiger partial charge in [0, 0.05) is 27.9 Å². The Morgan fingerprint density at radius 1 is 1.21 bits per heavy atom. The number of hydrogen-bond donors (Lipinski definition) is 1. The summed E-state index contributed by atoms with van der Waals surface area (Å²) in [5.41, 5.74) is 7.29. The van der Waals surface area contributed by atoms with E-state index in [0.717, 1.165) is 28.0 Å². The fourth-order valence-electron chi connectivity index (χ4n) is 1.83. The van der Waals surface area contributed by atoms with E-state index in [2.05, 4.69) is 21.3 Å². The number of rotatable bonds is 5. The van der Waals surface area contributed by atoms with Crippen LogP contribution in [-0.2, 0) is 6.42 Å². The summed E-state index contributed by atoms with van der Waals surface area (Å²) < 4.78 is 11.6. The SMILES string of the molecule is COc1cc(OC)cc(C(N)Cc2sccc2Br)c1. The summed E-state index contributed by atoms with van der Waals surface area (Å²) in [7, 11) is 3.28. The summed E-state index contributed by atoms with van der Waals surface area (Å²) in [6.45, 7) is 0. The molecular formula is C14H16BrNO2S. The molecule has 1 heterocycles. The zero-order valence-corrected chi connectivity index (χ0v) is 13.3. The van der Waals surface area contributed by atoms with Gasteiger partial charge in [0.2, 0.25) is 0 Å². The highest BCUT2D eigenvalue weighted by Crippen LogP contribution is 2.30. The lowest BCUT2D eigenvalue weighted by Crippen LogP contribution is -2.13. The van der Waals surface area contributed by atoms with E-state index < -0.39 is 0 Å². The van der Waals surface area contributed by atoms with Gasteiger partial charge in [0.15, 0.2) is 0 Å². The Morgan fingerprint density at radius 2 is 1.84 bits per heavy atom. The van der Waals surface area contributed by atoms with Crippen LogP contribution in [-0.4, -0.2) is 14.2 Å². The minimum atomic E-state index is -0.0843. The predicted molar refractivity (Wildman–Crippen MR) is 82.2 cm³/mol. The normalized spacial score (nSPS) is 12.2. The molecule has 1 unspecified atom stereocenters. The number of thiophene rings is 1. The van der Waals surface area contributed by atoms with Crippen molar-refractivity contribution in [3.05, 3.63) is 44.6 Å². The molecule has 0 amide bonds. The van der Waals surface area contributed by atoms with Crippen molar-refractivity contribution in [1.29, 1.82) is 0 Å². The highest BCUT2D eigenvalue weighted by Gasteiger charge is 2.13. The van der Waals surface area contributed by atoms with E-state index in [0.29, 0.717) is 0 Å². The lowest BCUT2D eigenvalue weighted by atomic mass is 10.0. The first-order chi connectivity index (χ1) is 9.13. The number of ether oxygens (including phenoxy) is 2. The summed E-state index contributed by atoms with van der Waals surface area (Å²) in [5.74, 6) is 1.52. The summed E-state index contributed by atoms with van der Waals surface area (Å²) >= 11 is 5.23. The second-order valence-corrected chi connectivity index (χ2v) is 6.00. The van der Waals surface area contributed by atoms with Gasteiger partial charge >= 0.3 is 0 Å². The van der Waals surface area contributed by atoms with Crippen LogP contribution in [0, 0.1) is 0 Å². The van der Waals surface area contributed by atoms with Gasteiger partial charge in [-0.3, -0.25) is 0 Å². The number of halogens is 1. The predicted octanol–water partition coefficient (Wildman–Crippen LogP) is 3.77. The van der Waals surface area contributed by atoms with Crippen molar-refractivity contribution in [2.24, 2.45) is 5.73 Å². The maximum absolute atomic E-state index is 6.28. The minimum absolute atomic E-state index is 0.0843. The van der Waals surface area contributed by atoms with E-state index in [9.17, 15) is 0 Å². The van der Waals surface area contributed by atoms with E-state index in [-0.39, 0.29) is 6.04 Å². The Balaban J connectivity index is 2.23. The maximum atomic E-state index is 6.28. The van der Waals surface area contributed by atoms with Gasteiger partial charge in [0.1, 0.15) is 11.5 Å². The van der Waals surface area contributed by atoms with Gasteiger partial charge in [-0.15, -0.1) is 11.3 Å². The van der Waals surface area contributed by atoms with Crippen LogP contribution in [0.15, 0.2) is 34.1 Å². The molecule has 0 aliphatic carbocycles. The summed E-state index contributed by atoms with van der Waals surface area (Å²) in [4.78, 5) is 1.24. The third kappa shape index (κ3) is 3.49. The van der Waals surface area contributed by atoms with E-state index in [4.69, 9.17) is 15.2 Å². The second kappa shape index (κ2) is 6.41. The topological polar surface area (TPSA) is 44.5 Å². The van der Waals surface area contributed by atoms with Gasteiger partial charge in [-0.1, -0.05) is 0 Å². The van der Waals surface area contributed by atoms with Crippen LogP contribution in [0.1, 0.15) is 16.5 Å². The van der Waals surface area contributed by atoms with Crippen molar-refractivity contribution in [3.63, 3.8) is 0 Å². The second-order valence-electron chi connectivity index (χ2n) is 4.15. The Morgan fingerprint density at radius 3 is 2.32 bits per heavy atom. The van der Waals surface area contributed by atoms with Gasteiger partial charge < -0.3 is 15.2 Å². The molecule has 0 saturated heterocycles. The number of benzene rings is 1. The molecule has 19 heavy (non-hydrogen) atoms. The molecule has 0 radical (unpaired) electrons. The van der Waals surface area contributed by atoms with Crippen LogP contribution < -0.4 is 15.2 Å². The van der Waals surface area contributed by atoms with Crippen molar-refractivity contribution in [2.45, 2.75) is 12.5 Å². The molecule has 0 fully saturated rings. The fourth-order valence-corrected chi connectivity index (χ4v) is 3.41. The molecule has 0 aliphatic rings. The van der Waals surface area contributed by atoms with Gasteiger partial charge in [-0.2, -0.15) is 0 Å². The Labute approximate surface area is 125 Å². The molecule has 1 aromatic heterocycles. The van der Waals surface area contributed by atoms with Crippen molar-refractivity contribution >= 4 is 27.3 Å². The Kier molecular flexibility index (Phi) is 4.85. The largest absolute Gasteiger partial charge is 0.497 e.